The van der Waals surface area contributed by atoms with Gasteiger partial charge in [0, 0.05) is 30.8 Å². The van der Waals surface area contributed by atoms with Crippen LogP contribution in [-0.4, -0.2) is 45.0 Å². The lowest BCUT2D eigenvalue weighted by molar-refractivity contribution is -0.195. The van der Waals surface area contributed by atoms with Gasteiger partial charge in [0.05, 0.1) is 6.10 Å². The summed E-state index contributed by atoms with van der Waals surface area (Å²) >= 11 is 0. The first-order chi connectivity index (χ1) is 10.3. The number of nitrogens with zero attached hydrogens (tertiary/aromatic N) is 2. The molecule has 0 radical (unpaired) electrons. The van der Waals surface area contributed by atoms with Gasteiger partial charge in [-0.25, -0.2) is 4.79 Å². The molecule has 122 valence electrons. The fourth-order valence-corrected chi connectivity index (χ4v) is 2.98. The highest BCUT2D eigenvalue weighted by Crippen LogP contribution is 2.51. The number of hydrogen-bond donors (Lipinski definition) is 2. The molecule has 0 saturated heterocycles. The molecule has 0 aromatic carbocycles. The van der Waals surface area contributed by atoms with Gasteiger partial charge < -0.3 is 15.2 Å². The van der Waals surface area contributed by atoms with E-state index < -0.39 is 23.0 Å². The van der Waals surface area contributed by atoms with E-state index in [9.17, 15) is 14.7 Å². The molecular weight excluding hydrogens is 286 g/mol. The normalized spacial score (nSPS) is 27.7. The van der Waals surface area contributed by atoms with E-state index in [-0.39, 0.29) is 18.4 Å². The summed E-state index contributed by atoms with van der Waals surface area (Å²) in [5, 5.41) is 16.4. The first-order valence-electron chi connectivity index (χ1n) is 7.42. The zero-order chi connectivity index (χ0) is 16.5. The maximum atomic E-state index is 12.4. The van der Waals surface area contributed by atoms with Crippen LogP contribution in [0.4, 0.5) is 0 Å². The van der Waals surface area contributed by atoms with Gasteiger partial charge in [0.25, 0.3) is 0 Å². The van der Waals surface area contributed by atoms with Crippen molar-refractivity contribution in [2.24, 2.45) is 5.41 Å². The molecule has 1 aliphatic carbocycles. The van der Waals surface area contributed by atoms with Crippen molar-refractivity contribution in [3.63, 3.8) is 0 Å². The summed E-state index contributed by atoms with van der Waals surface area (Å²) in [6.07, 6.45) is 3.33. The van der Waals surface area contributed by atoms with Crippen molar-refractivity contribution in [3.05, 3.63) is 18.5 Å². The van der Waals surface area contributed by atoms with Gasteiger partial charge in [-0.1, -0.05) is 13.8 Å². The number of nitrogens with one attached hydrogen (secondary N) is 1. The first kappa shape index (κ1) is 16.5. The van der Waals surface area contributed by atoms with Crippen LogP contribution in [0.2, 0.25) is 0 Å². The molecule has 2 rings (SSSR count). The Hall–Kier alpha value is -1.89. The van der Waals surface area contributed by atoms with Crippen LogP contribution in [0.1, 0.15) is 40.2 Å². The molecule has 7 nitrogen and oxygen atoms in total. The molecular formula is C15H23N3O4. The van der Waals surface area contributed by atoms with Crippen molar-refractivity contribution in [1.29, 1.82) is 0 Å². The standard InChI is InChI=1S/C15H23N3O4/c1-5-22-11-9-15(13(20)21,14(11,3)4)17-12(19)10(2)18-8-6-7-16-18/h6-8,10-11H,5,9H2,1-4H3,(H,17,19)(H,20,21). The van der Waals surface area contributed by atoms with Crippen LogP contribution < -0.4 is 5.32 Å². The van der Waals surface area contributed by atoms with Crippen molar-refractivity contribution < 1.29 is 19.4 Å². The number of carboxylic acid groups (broad SMARTS) is 1. The fourth-order valence-electron chi connectivity index (χ4n) is 2.98. The van der Waals surface area contributed by atoms with Gasteiger partial charge >= 0.3 is 5.97 Å². The van der Waals surface area contributed by atoms with E-state index >= 15 is 0 Å². The summed E-state index contributed by atoms with van der Waals surface area (Å²) in [4.78, 5) is 24.3. The summed E-state index contributed by atoms with van der Waals surface area (Å²) in [7, 11) is 0. The summed E-state index contributed by atoms with van der Waals surface area (Å²) in [5.41, 5.74) is -2.00. The highest BCUT2D eigenvalue weighted by molar-refractivity contribution is 5.90. The van der Waals surface area contributed by atoms with Gasteiger partial charge in [0.15, 0.2) is 0 Å². The second-order valence-electron chi connectivity index (χ2n) is 6.23. The lowest BCUT2D eigenvalue weighted by Gasteiger charge is -2.58. The molecule has 1 heterocycles. The molecule has 0 aliphatic heterocycles. The van der Waals surface area contributed by atoms with Crippen molar-refractivity contribution in [3.8, 4) is 0 Å². The predicted octanol–water partition coefficient (Wildman–Crippen LogP) is 1.22. The predicted molar refractivity (Wildman–Crippen MR) is 79.3 cm³/mol. The van der Waals surface area contributed by atoms with E-state index in [2.05, 4.69) is 10.4 Å². The molecule has 3 atom stereocenters. The van der Waals surface area contributed by atoms with Gasteiger partial charge in [-0.2, -0.15) is 5.10 Å². The Balaban J connectivity index is 2.17. The van der Waals surface area contributed by atoms with Crippen LogP contribution in [0.5, 0.6) is 0 Å². The van der Waals surface area contributed by atoms with Crippen LogP contribution in [0.15, 0.2) is 18.5 Å². The third-order valence-corrected chi connectivity index (χ3v) is 4.77. The summed E-state index contributed by atoms with van der Waals surface area (Å²) in [6, 6.07) is 1.14. The maximum absolute atomic E-state index is 12.4. The molecule has 3 unspecified atom stereocenters. The summed E-state index contributed by atoms with van der Waals surface area (Å²) in [6.45, 7) is 7.69. The van der Waals surface area contributed by atoms with Crippen LogP contribution in [-0.2, 0) is 14.3 Å². The van der Waals surface area contributed by atoms with Gasteiger partial charge in [-0.15, -0.1) is 0 Å². The van der Waals surface area contributed by atoms with E-state index in [1.807, 2.05) is 20.8 Å². The molecule has 1 aliphatic rings. The molecule has 22 heavy (non-hydrogen) atoms. The number of carbonyl (C=O) groups excluding carboxylic acids is 1. The van der Waals surface area contributed by atoms with Crippen LogP contribution in [0, 0.1) is 5.41 Å². The number of ether oxygens (including phenoxy) is 1. The minimum atomic E-state index is -1.31. The average molecular weight is 309 g/mol. The topological polar surface area (TPSA) is 93.5 Å². The molecule has 1 amide bonds. The Bertz CT molecular complexity index is 555. The zero-order valence-corrected chi connectivity index (χ0v) is 13.4. The molecule has 7 heteroatoms. The van der Waals surface area contributed by atoms with Gasteiger partial charge in [0.1, 0.15) is 11.6 Å². The zero-order valence-electron chi connectivity index (χ0n) is 13.4. The average Bonchev–Trinajstić information content (AvgIpc) is 2.98. The van der Waals surface area contributed by atoms with Gasteiger partial charge in [0.2, 0.25) is 5.91 Å². The Kier molecular flexibility index (Phi) is 4.28. The number of amides is 1. The van der Waals surface area contributed by atoms with Crippen molar-refractivity contribution >= 4 is 11.9 Å². The van der Waals surface area contributed by atoms with E-state index in [1.165, 1.54) is 4.68 Å². The Morgan fingerprint density at radius 1 is 1.55 bits per heavy atom. The lowest BCUT2D eigenvalue weighted by Crippen LogP contribution is -2.76. The molecule has 1 aromatic heterocycles. The van der Waals surface area contributed by atoms with E-state index in [0.29, 0.717) is 6.61 Å². The summed E-state index contributed by atoms with van der Waals surface area (Å²) < 4.78 is 7.08. The number of rotatable bonds is 6. The van der Waals surface area contributed by atoms with Crippen LogP contribution in [0.3, 0.4) is 0 Å². The van der Waals surface area contributed by atoms with Crippen molar-refractivity contribution in [2.45, 2.75) is 51.8 Å². The number of carboxylic acids is 1. The van der Waals surface area contributed by atoms with Crippen LogP contribution >= 0.6 is 0 Å². The molecule has 1 aromatic rings. The lowest BCUT2D eigenvalue weighted by atomic mass is 9.54. The highest BCUT2D eigenvalue weighted by atomic mass is 16.5. The molecule has 2 N–H and O–H groups in total. The first-order valence-corrected chi connectivity index (χ1v) is 7.42. The van der Waals surface area contributed by atoms with Gasteiger partial charge in [-0.05, 0) is 19.9 Å². The summed E-state index contributed by atoms with van der Waals surface area (Å²) in [5.74, 6) is -1.40. The second-order valence-corrected chi connectivity index (χ2v) is 6.23. The third-order valence-electron chi connectivity index (χ3n) is 4.77. The van der Waals surface area contributed by atoms with Crippen molar-refractivity contribution in [1.82, 2.24) is 15.1 Å². The monoisotopic (exact) mass is 309 g/mol. The Labute approximate surface area is 129 Å². The van der Waals surface area contributed by atoms with Crippen LogP contribution in [0.25, 0.3) is 0 Å². The highest BCUT2D eigenvalue weighted by Gasteiger charge is 2.66. The Morgan fingerprint density at radius 2 is 2.23 bits per heavy atom. The Morgan fingerprint density at radius 3 is 2.68 bits per heavy atom. The maximum Gasteiger partial charge on any atom is 0.330 e. The van der Waals surface area contributed by atoms with Gasteiger partial charge in [-0.3, -0.25) is 9.48 Å². The SMILES string of the molecule is CCOC1CC(NC(=O)C(C)n2cccn2)(C(=O)O)C1(C)C. The number of hydrogen-bond acceptors (Lipinski definition) is 4. The molecule has 1 saturated carbocycles. The van der Waals surface area contributed by atoms with E-state index in [1.54, 1.807) is 25.4 Å². The van der Waals surface area contributed by atoms with E-state index in [4.69, 9.17) is 4.74 Å². The van der Waals surface area contributed by atoms with Crippen molar-refractivity contribution in [2.75, 3.05) is 6.61 Å². The smallest absolute Gasteiger partial charge is 0.330 e. The minimum absolute atomic E-state index is 0.186. The number of aliphatic carboxylic acids is 1. The molecule has 1 fully saturated rings. The number of carbonyl (C=O) groups is 2. The fraction of sp³-hybridized carbons (Fsp3) is 0.667. The second kappa shape index (κ2) is 5.72. The minimum Gasteiger partial charge on any atom is -0.479 e. The molecule has 0 bridgehead atoms. The molecule has 0 spiro atoms. The van der Waals surface area contributed by atoms with E-state index in [0.717, 1.165) is 0 Å². The quantitative estimate of drug-likeness (QED) is 0.824. The third kappa shape index (κ3) is 2.39. The number of aromatic nitrogens is 2. The largest absolute Gasteiger partial charge is 0.479 e.